The van der Waals surface area contributed by atoms with Crippen molar-refractivity contribution < 1.29 is 19.0 Å². The third-order valence-electron chi connectivity index (χ3n) is 9.75. The van der Waals surface area contributed by atoms with Crippen molar-refractivity contribution in [2.75, 3.05) is 13.2 Å². The smallest absolute Gasteiger partial charge is 0.302 e. The van der Waals surface area contributed by atoms with Gasteiger partial charge in [-0.2, -0.15) is 0 Å². The summed E-state index contributed by atoms with van der Waals surface area (Å²) in [5.41, 5.74) is 0.622. The number of carbonyl (C=O) groups excluding carboxylic acids is 1. The van der Waals surface area contributed by atoms with Gasteiger partial charge in [-0.25, -0.2) is 0 Å². The van der Waals surface area contributed by atoms with Gasteiger partial charge in [0.1, 0.15) is 6.10 Å². The largest absolute Gasteiger partial charge is 0.463 e. The van der Waals surface area contributed by atoms with Crippen molar-refractivity contribution in [1.82, 2.24) is 0 Å². The zero-order valence-corrected chi connectivity index (χ0v) is 17.3. The van der Waals surface area contributed by atoms with Crippen LogP contribution in [0.4, 0.5) is 0 Å². The van der Waals surface area contributed by atoms with Gasteiger partial charge in [-0.15, -0.1) is 0 Å². The second kappa shape index (κ2) is 6.19. The Hall–Kier alpha value is -0.610. The summed E-state index contributed by atoms with van der Waals surface area (Å²) in [6.07, 6.45) is 11.1. The molecular weight excluding hydrogens is 340 g/mol. The van der Waals surface area contributed by atoms with E-state index in [1.807, 2.05) is 0 Å². The second-order valence-electron chi connectivity index (χ2n) is 10.6. The molecule has 1 spiro atoms. The van der Waals surface area contributed by atoms with Crippen molar-refractivity contribution >= 4 is 5.97 Å². The van der Waals surface area contributed by atoms with Crippen LogP contribution in [0, 0.1) is 34.5 Å². The number of rotatable bonds is 1. The molecule has 0 radical (unpaired) electrons. The molecule has 4 nitrogen and oxygen atoms in total. The van der Waals surface area contributed by atoms with Crippen LogP contribution in [-0.4, -0.2) is 31.1 Å². The molecule has 4 heteroatoms. The lowest BCUT2D eigenvalue weighted by Gasteiger charge is -2.61. The van der Waals surface area contributed by atoms with E-state index in [-0.39, 0.29) is 23.3 Å². The number of esters is 1. The lowest BCUT2D eigenvalue weighted by Crippen LogP contribution is -2.57. The van der Waals surface area contributed by atoms with Crippen LogP contribution in [0.2, 0.25) is 0 Å². The Morgan fingerprint density at radius 2 is 1.67 bits per heavy atom. The summed E-state index contributed by atoms with van der Waals surface area (Å²) in [5.74, 6) is 2.71. The zero-order valence-electron chi connectivity index (χ0n) is 17.3. The fraction of sp³-hybridized carbons (Fsp3) is 0.957. The van der Waals surface area contributed by atoms with Crippen molar-refractivity contribution in [3.63, 3.8) is 0 Å². The third kappa shape index (κ3) is 2.51. The number of ether oxygens (including phenoxy) is 3. The highest BCUT2D eigenvalue weighted by Gasteiger charge is 2.67. The van der Waals surface area contributed by atoms with Crippen molar-refractivity contribution in [2.45, 2.75) is 90.4 Å². The molecule has 1 aliphatic heterocycles. The molecule has 5 rings (SSSR count). The molecule has 0 aromatic rings. The van der Waals surface area contributed by atoms with Gasteiger partial charge in [0.2, 0.25) is 0 Å². The van der Waals surface area contributed by atoms with Gasteiger partial charge < -0.3 is 14.2 Å². The molecule has 4 saturated carbocycles. The summed E-state index contributed by atoms with van der Waals surface area (Å²) in [6.45, 7) is 8.13. The molecule has 5 aliphatic rings. The fourth-order valence-electron chi connectivity index (χ4n) is 8.45. The maximum atomic E-state index is 11.4. The zero-order chi connectivity index (χ0) is 18.9. The van der Waals surface area contributed by atoms with Crippen molar-refractivity contribution in [1.29, 1.82) is 0 Å². The Morgan fingerprint density at radius 3 is 2.41 bits per heavy atom. The predicted octanol–water partition coefficient (Wildman–Crippen LogP) is 4.70. The lowest BCUT2D eigenvalue weighted by atomic mass is 9.45. The molecule has 0 N–H and O–H groups in total. The van der Waals surface area contributed by atoms with E-state index in [1.54, 1.807) is 6.92 Å². The van der Waals surface area contributed by atoms with Gasteiger partial charge in [-0.05, 0) is 80.5 Å². The first-order valence-electron chi connectivity index (χ1n) is 11.3. The van der Waals surface area contributed by atoms with Crippen LogP contribution in [0.5, 0.6) is 0 Å². The van der Waals surface area contributed by atoms with E-state index in [9.17, 15) is 4.79 Å². The average molecular weight is 377 g/mol. The lowest BCUT2D eigenvalue weighted by molar-refractivity contribution is -0.248. The van der Waals surface area contributed by atoms with Crippen LogP contribution in [-0.2, 0) is 19.0 Å². The molecule has 0 aromatic heterocycles. The minimum atomic E-state index is -0.284. The standard InChI is InChI=1S/C23H36O4/c1-15(24)27-17-6-9-21(2)16(14-17)4-5-18-19(21)7-10-22(3)20(18)8-11-23(22)25-12-13-26-23/h16-20H,4-14H2,1-3H3/t16-,17-,18+,19-,20-,21-,22-/m1/s1. The Morgan fingerprint density at radius 1 is 0.926 bits per heavy atom. The summed E-state index contributed by atoms with van der Waals surface area (Å²) < 4.78 is 18.1. The molecule has 1 heterocycles. The Balaban J connectivity index is 1.37. The molecule has 0 amide bonds. The second-order valence-corrected chi connectivity index (χ2v) is 10.6. The van der Waals surface area contributed by atoms with E-state index < -0.39 is 0 Å². The fourth-order valence-corrected chi connectivity index (χ4v) is 8.45. The molecule has 1 saturated heterocycles. The normalized spacial score (nSPS) is 50.7. The monoisotopic (exact) mass is 376 g/mol. The first kappa shape index (κ1) is 18.4. The summed E-state index contributed by atoms with van der Waals surface area (Å²) in [6, 6.07) is 0. The highest BCUT2D eigenvalue weighted by atomic mass is 16.7. The van der Waals surface area contributed by atoms with Crippen LogP contribution in [0.3, 0.4) is 0 Å². The molecule has 4 aliphatic carbocycles. The average Bonchev–Trinajstić information content (AvgIpc) is 3.21. The van der Waals surface area contributed by atoms with Crippen LogP contribution in [0.25, 0.3) is 0 Å². The molecule has 7 atom stereocenters. The topological polar surface area (TPSA) is 44.8 Å². The molecule has 5 fully saturated rings. The highest BCUT2D eigenvalue weighted by Crippen LogP contribution is 2.69. The van der Waals surface area contributed by atoms with Crippen LogP contribution in [0.15, 0.2) is 0 Å². The van der Waals surface area contributed by atoms with Gasteiger partial charge in [-0.1, -0.05) is 13.8 Å². The molecular formula is C23H36O4. The van der Waals surface area contributed by atoms with Crippen LogP contribution >= 0.6 is 0 Å². The van der Waals surface area contributed by atoms with Crippen LogP contribution < -0.4 is 0 Å². The van der Waals surface area contributed by atoms with Crippen molar-refractivity contribution in [2.24, 2.45) is 34.5 Å². The van der Waals surface area contributed by atoms with Crippen molar-refractivity contribution in [3.05, 3.63) is 0 Å². The van der Waals surface area contributed by atoms with E-state index >= 15 is 0 Å². The Bertz CT molecular complexity index is 611. The summed E-state index contributed by atoms with van der Waals surface area (Å²) in [4.78, 5) is 11.4. The van der Waals surface area contributed by atoms with Gasteiger partial charge in [-0.3, -0.25) is 4.79 Å². The first-order chi connectivity index (χ1) is 12.9. The minimum absolute atomic E-state index is 0.112. The predicted molar refractivity (Wildman–Crippen MR) is 102 cm³/mol. The van der Waals surface area contributed by atoms with Crippen molar-refractivity contribution in [3.8, 4) is 0 Å². The molecule has 27 heavy (non-hydrogen) atoms. The summed E-state index contributed by atoms with van der Waals surface area (Å²) >= 11 is 0. The molecule has 0 bridgehead atoms. The quantitative estimate of drug-likeness (QED) is 0.622. The Kier molecular flexibility index (Phi) is 4.22. The SMILES string of the molecule is CC(=O)O[C@@H]1CC[C@]2(C)[C@H](CC[C@H]3[C@H]2CC[C@]2(C)[C@@H]3CCC23OCCO3)C1. The number of fused-ring (bicyclic) bond motifs is 6. The number of carbonyl (C=O) groups is 1. The Labute approximate surface area is 163 Å². The minimum Gasteiger partial charge on any atom is -0.463 e. The summed E-state index contributed by atoms with van der Waals surface area (Å²) in [5, 5.41) is 0. The number of hydrogen-bond donors (Lipinski definition) is 0. The summed E-state index contributed by atoms with van der Waals surface area (Å²) in [7, 11) is 0. The van der Waals surface area contributed by atoms with E-state index in [1.165, 1.54) is 38.5 Å². The van der Waals surface area contributed by atoms with Gasteiger partial charge in [0, 0.05) is 18.8 Å². The van der Waals surface area contributed by atoms with Crippen LogP contribution in [0.1, 0.15) is 78.6 Å². The molecule has 152 valence electrons. The first-order valence-corrected chi connectivity index (χ1v) is 11.3. The molecule has 0 unspecified atom stereocenters. The van der Waals surface area contributed by atoms with Gasteiger partial charge in [0.05, 0.1) is 13.2 Å². The maximum Gasteiger partial charge on any atom is 0.302 e. The highest BCUT2D eigenvalue weighted by molar-refractivity contribution is 5.66. The maximum absolute atomic E-state index is 11.4. The van der Waals surface area contributed by atoms with E-state index in [0.717, 1.165) is 56.1 Å². The van der Waals surface area contributed by atoms with E-state index in [0.29, 0.717) is 5.41 Å². The van der Waals surface area contributed by atoms with E-state index in [2.05, 4.69) is 13.8 Å². The number of hydrogen-bond acceptors (Lipinski definition) is 4. The van der Waals surface area contributed by atoms with E-state index in [4.69, 9.17) is 14.2 Å². The molecule has 0 aromatic carbocycles. The van der Waals surface area contributed by atoms with Gasteiger partial charge in [0.25, 0.3) is 0 Å². The van der Waals surface area contributed by atoms with Gasteiger partial charge in [0.15, 0.2) is 5.79 Å². The third-order valence-corrected chi connectivity index (χ3v) is 9.75. The van der Waals surface area contributed by atoms with Gasteiger partial charge >= 0.3 is 5.97 Å².